The highest BCUT2D eigenvalue weighted by Gasteiger charge is 2.46. The standard InChI is InChI=1S/C18H16ClF2N5OS/c19-15-6-5-14(28-15)17(27)25-9-1-3-10(12(25)4-2-9)13-7-11(16(20)21)24-18-22-8-23-26(13)18/h5-10,12,16H,1-4H2/t9-,10-,12-/m0/s1. The van der Waals surface area contributed by atoms with Crippen LogP contribution in [-0.4, -0.2) is 42.5 Å². The first-order valence-electron chi connectivity index (χ1n) is 9.09. The highest BCUT2D eigenvalue weighted by atomic mass is 35.5. The summed E-state index contributed by atoms with van der Waals surface area (Å²) in [5.74, 6) is 0.0331. The second-order valence-electron chi connectivity index (χ2n) is 7.18. The van der Waals surface area contributed by atoms with Gasteiger partial charge in [-0.3, -0.25) is 4.79 Å². The molecule has 0 aliphatic carbocycles. The van der Waals surface area contributed by atoms with E-state index >= 15 is 0 Å². The number of hydrogen-bond acceptors (Lipinski definition) is 5. The molecule has 0 unspecified atom stereocenters. The number of thiophene rings is 1. The smallest absolute Gasteiger partial charge is 0.280 e. The number of fused-ring (bicyclic) bond motifs is 3. The molecule has 2 bridgehead atoms. The first-order valence-corrected chi connectivity index (χ1v) is 10.3. The van der Waals surface area contributed by atoms with E-state index in [0.717, 1.165) is 25.7 Å². The molecule has 3 atom stereocenters. The number of halogens is 3. The molecule has 5 heterocycles. The second-order valence-corrected chi connectivity index (χ2v) is 8.89. The molecule has 3 aromatic heterocycles. The fraction of sp³-hybridized carbons (Fsp3) is 0.444. The van der Waals surface area contributed by atoms with Gasteiger partial charge in [0.2, 0.25) is 0 Å². The van der Waals surface area contributed by atoms with Crippen LogP contribution < -0.4 is 0 Å². The maximum atomic E-state index is 13.4. The lowest BCUT2D eigenvalue weighted by Gasteiger charge is -2.40. The Morgan fingerprint density at radius 3 is 2.82 bits per heavy atom. The number of nitrogens with zero attached hydrogens (tertiary/aromatic N) is 5. The average molecular weight is 424 g/mol. The minimum absolute atomic E-state index is 0.0351. The molecule has 3 aromatic rings. The monoisotopic (exact) mass is 423 g/mol. The van der Waals surface area contributed by atoms with E-state index in [0.29, 0.717) is 14.9 Å². The van der Waals surface area contributed by atoms with Gasteiger partial charge in [-0.15, -0.1) is 11.3 Å². The van der Waals surface area contributed by atoms with Gasteiger partial charge in [0.25, 0.3) is 18.1 Å². The van der Waals surface area contributed by atoms with Crippen molar-refractivity contribution >= 4 is 34.6 Å². The summed E-state index contributed by atoms with van der Waals surface area (Å²) < 4.78 is 28.8. The zero-order chi connectivity index (χ0) is 19.4. The first kappa shape index (κ1) is 17.9. The van der Waals surface area contributed by atoms with Gasteiger partial charge in [-0.1, -0.05) is 11.6 Å². The van der Waals surface area contributed by atoms with E-state index in [1.54, 1.807) is 12.1 Å². The van der Waals surface area contributed by atoms with Crippen LogP contribution in [0.2, 0.25) is 4.34 Å². The predicted molar refractivity (Wildman–Crippen MR) is 100 cm³/mol. The third-order valence-corrected chi connectivity index (χ3v) is 6.96. The van der Waals surface area contributed by atoms with Crippen molar-refractivity contribution in [2.75, 3.05) is 0 Å². The Labute approximate surface area is 168 Å². The number of amides is 1. The molecular formula is C18H16ClF2N5OS. The highest BCUT2D eigenvalue weighted by Crippen LogP contribution is 2.45. The lowest BCUT2D eigenvalue weighted by molar-refractivity contribution is 0.0559. The van der Waals surface area contributed by atoms with E-state index in [9.17, 15) is 13.6 Å². The Hall–Kier alpha value is -2.13. The minimum Gasteiger partial charge on any atom is -0.331 e. The van der Waals surface area contributed by atoms with E-state index in [4.69, 9.17) is 11.6 Å². The van der Waals surface area contributed by atoms with Gasteiger partial charge in [0.1, 0.15) is 12.0 Å². The second kappa shape index (κ2) is 6.73. The van der Waals surface area contributed by atoms with Crippen molar-refractivity contribution in [3.05, 3.63) is 45.1 Å². The van der Waals surface area contributed by atoms with E-state index < -0.39 is 6.43 Å². The molecule has 5 rings (SSSR count). The molecule has 0 saturated carbocycles. The SMILES string of the molecule is O=C(c1ccc(Cl)s1)N1[C@H]2CC[C@H](c3cc(C(F)F)nc4ncnn34)[C@@H]1CC2. The first-order chi connectivity index (χ1) is 13.5. The third-order valence-electron chi connectivity index (χ3n) is 5.74. The summed E-state index contributed by atoms with van der Waals surface area (Å²) in [5.41, 5.74) is 0.337. The van der Waals surface area contributed by atoms with Crippen molar-refractivity contribution in [1.29, 1.82) is 0 Å². The number of carbonyl (C=O) groups excluding carboxylic acids is 1. The van der Waals surface area contributed by atoms with Crippen LogP contribution in [0.5, 0.6) is 0 Å². The fourth-order valence-electron chi connectivity index (χ4n) is 4.60. The number of alkyl halides is 2. The molecule has 0 spiro atoms. The normalized spacial score (nSPS) is 24.4. The topological polar surface area (TPSA) is 63.4 Å². The number of hydrogen-bond donors (Lipinski definition) is 0. The molecule has 146 valence electrons. The molecule has 6 nitrogen and oxygen atoms in total. The van der Waals surface area contributed by atoms with E-state index in [1.165, 1.54) is 28.2 Å². The minimum atomic E-state index is -2.69. The van der Waals surface area contributed by atoms with Crippen LogP contribution in [-0.2, 0) is 0 Å². The molecule has 0 radical (unpaired) electrons. The van der Waals surface area contributed by atoms with E-state index in [-0.39, 0.29) is 35.4 Å². The molecule has 0 aromatic carbocycles. The number of carbonyl (C=O) groups is 1. The van der Waals surface area contributed by atoms with Crippen LogP contribution in [0.3, 0.4) is 0 Å². The zero-order valence-electron chi connectivity index (χ0n) is 14.6. The van der Waals surface area contributed by atoms with Crippen LogP contribution in [0.4, 0.5) is 8.78 Å². The summed E-state index contributed by atoms with van der Waals surface area (Å²) in [7, 11) is 0. The Bertz CT molecular complexity index is 1050. The van der Waals surface area contributed by atoms with Gasteiger partial charge in [0.05, 0.1) is 14.9 Å². The maximum absolute atomic E-state index is 13.4. The Balaban J connectivity index is 1.55. The summed E-state index contributed by atoms with van der Waals surface area (Å²) in [5, 5.41) is 4.19. The summed E-state index contributed by atoms with van der Waals surface area (Å²) in [6, 6.07) is 5.00. The van der Waals surface area contributed by atoms with Gasteiger partial charge in [-0.25, -0.2) is 18.3 Å². The largest absolute Gasteiger partial charge is 0.331 e. The Morgan fingerprint density at radius 2 is 2.07 bits per heavy atom. The quantitative estimate of drug-likeness (QED) is 0.629. The van der Waals surface area contributed by atoms with Crippen LogP contribution >= 0.6 is 22.9 Å². The van der Waals surface area contributed by atoms with Crippen molar-refractivity contribution in [3.63, 3.8) is 0 Å². The Kier molecular flexibility index (Phi) is 4.31. The van der Waals surface area contributed by atoms with Crippen molar-refractivity contribution in [3.8, 4) is 0 Å². The number of rotatable bonds is 3. The van der Waals surface area contributed by atoms with E-state index in [2.05, 4.69) is 15.1 Å². The maximum Gasteiger partial charge on any atom is 0.280 e. The number of aromatic nitrogens is 4. The average Bonchev–Trinajstić information content (AvgIpc) is 3.39. The van der Waals surface area contributed by atoms with Crippen LogP contribution in [0.1, 0.15) is 59.1 Å². The fourth-order valence-corrected chi connectivity index (χ4v) is 5.59. The molecule has 1 amide bonds. The van der Waals surface area contributed by atoms with Crippen LogP contribution in [0.25, 0.3) is 5.78 Å². The molecular weight excluding hydrogens is 408 g/mol. The van der Waals surface area contributed by atoms with Crippen molar-refractivity contribution in [2.24, 2.45) is 0 Å². The molecule has 0 N–H and O–H groups in total. The lowest BCUT2D eigenvalue weighted by Crippen LogP contribution is -2.47. The van der Waals surface area contributed by atoms with Gasteiger partial charge in [0, 0.05) is 18.0 Å². The number of piperidine rings is 1. The van der Waals surface area contributed by atoms with Gasteiger partial charge < -0.3 is 4.90 Å². The van der Waals surface area contributed by atoms with Gasteiger partial charge >= 0.3 is 0 Å². The molecule has 2 saturated heterocycles. The summed E-state index contributed by atoms with van der Waals surface area (Å²) in [6.07, 6.45) is 2.02. The summed E-state index contributed by atoms with van der Waals surface area (Å²) >= 11 is 7.27. The van der Waals surface area contributed by atoms with Crippen LogP contribution in [0, 0.1) is 0 Å². The Morgan fingerprint density at radius 1 is 1.25 bits per heavy atom. The van der Waals surface area contributed by atoms with Gasteiger partial charge in [0.15, 0.2) is 0 Å². The van der Waals surface area contributed by atoms with Gasteiger partial charge in [-0.2, -0.15) is 10.1 Å². The predicted octanol–water partition coefficient (Wildman–Crippen LogP) is 4.33. The lowest BCUT2D eigenvalue weighted by atomic mass is 9.86. The molecule has 28 heavy (non-hydrogen) atoms. The summed E-state index contributed by atoms with van der Waals surface area (Å²) in [6.45, 7) is 0. The van der Waals surface area contributed by atoms with Gasteiger partial charge in [-0.05, 0) is 43.9 Å². The van der Waals surface area contributed by atoms with Crippen molar-refractivity contribution in [2.45, 2.75) is 50.1 Å². The van der Waals surface area contributed by atoms with Crippen LogP contribution in [0.15, 0.2) is 24.5 Å². The third kappa shape index (κ3) is 2.79. The summed E-state index contributed by atoms with van der Waals surface area (Å²) in [4.78, 5) is 23.6. The molecule has 2 aliphatic heterocycles. The van der Waals surface area contributed by atoms with Crippen molar-refractivity contribution in [1.82, 2.24) is 24.5 Å². The molecule has 2 aliphatic rings. The zero-order valence-corrected chi connectivity index (χ0v) is 16.2. The molecule has 10 heteroatoms. The van der Waals surface area contributed by atoms with Crippen molar-refractivity contribution < 1.29 is 13.6 Å². The molecule has 2 fully saturated rings. The van der Waals surface area contributed by atoms with E-state index in [1.807, 2.05) is 4.90 Å². The highest BCUT2D eigenvalue weighted by molar-refractivity contribution is 7.17.